The monoisotopic (exact) mass is 287 g/mol. The lowest BCUT2D eigenvalue weighted by Crippen LogP contribution is -2.23. The molecule has 1 rings (SSSR count). The molecule has 0 aliphatic rings. The zero-order chi connectivity index (χ0) is 12.1. The molecule has 1 unspecified atom stereocenters. The lowest BCUT2D eigenvalue weighted by atomic mass is 10.1. The minimum absolute atomic E-state index is 0.0286. The predicted octanol–water partition coefficient (Wildman–Crippen LogP) is 2.42. The minimum atomic E-state index is -0.425. The standard InChI is InChI=1S/C10H14BrN3O2/c1-2-3-8(12)5-9-10(14(15)16)4-7(11)6-13-9/h4,6,8H,2-3,5,12H2,1H3. The van der Waals surface area contributed by atoms with E-state index in [0.29, 0.717) is 16.6 Å². The quantitative estimate of drug-likeness (QED) is 0.666. The Morgan fingerprint density at radius 3 is 2.94 bits per heavy atom. The van der Waals surface area contributed by atoms with Crippen molar-refractivity contribution in [2.24, 2.45) is 5.73 Å². The average Bonchev–Trinajstić information content (AvgIpc) is 2.20. The molecule has 0 amide bonds. The van der Waals surface area contributed by atoms with Gasteiger partial charge in [-0.2, -0.15) is 0 Å². The summed E-state index contributed by atoms with van der Waals surface area (Å²) in [6, 6.07) is 1.39. The van der Waals surface area contributed by atoms with Gasteiger partial charge in [0.25, 0.3) is 5.69 Å². The molecule has 2 N–H and O–H groups in total. The van der Waals surface area contributed by atoms with Gasteiger partial charge in [-0.1, -0.05) is 13.3 Å². The first-order chi connectivity index (χ1) is 7.54. The van der Waals surface area contributed by atoms with Crippen LogP contribution >= 0.6 is 15.9 Å². The number of nitrogens with two attached hydrogens (primary N) is 1. The van der Waals surface area contributed by atoms with Gasteiger partial charge >= 0.3 is 0 Å². The Balaban J connectivity index is 2.90. The van der Waals surface area contributed by atoms with E-state index < -0.39 is 4.92 Å². The Bertz CT molecular complexity index is 384. The fraction of sp³-hybridized carbons (Fsp3) is 0.500. The summed E-state index contributed by atoms with van der Waals surface area (Å²) in [5, 5.41) is 10.8. The fourth-order valence-corrected chi connectivity index (χ4v) is 1.81. The van der Waals surface area contributed by atoms with Crippen LogP contribution in [0.15, 0.2) is 16.7 Å². The maximum Gasteiger partial charge on any atom is 0.291 e. The number of halogens is 1. The fourth-order valence-electron chi connectivity index (χ4n) is 1.49. The van der Waals surface area contributed by atoms with E-state index in [2.05, 4.69) is 20.9 Å². The molecule has 0 saturated carbocycles. The van der Waals surface area contributed by atoms with Gasteiger partial charge in [0.15, 0.2) is 0 Å². The van der Waals surface area contributed by atoms with Crippen molar-refractivity contribution in [3.8, 4) is 0 Å². The number of hydrogen-bond acceptors (Lipinski definition) is 4. The molecular weight excluding hydrogens is 274 g/mol. The van der Waals surface area contributed by atoms with Crippen molar-refractivity contribution in [2.45, 2.75) is 32.2 Å². The maximum atomic E-state index is 10.8. The van der Waals surface area contributed by atoms with Crippen LogP contribution in [0.2, 0.25) is 0 Å². The van der Waals surface area contributed by atoms with Gasteiger partial charge in [-0.05, 0) is 22.4 Å². The molecule has 6 heteroatoms. The molecule has 0 aliphatic heterocycles. The van der Waals surface area contributed by atoms with Crippen LogP contribution in [0.4, 0.5) is 5.69 Å². The Morgan fingerprint density at radius 1 is 1.69 bits per heavy atom. The molecule has 0 saturated heterocycles. The summed E-state index contributed by atoms with van der Waals surface area (Å²) in [7, 11) is 0. The summed E-state index contributed by atoms with van der Waals surface area (Å²) in [6.45, 7) is 2.03. The second kappa shape index (κ2) is 5.91. The van der Waals surface area contributed by atoms with E-state index in [-0.39, 0.29) is 11.7 Å². The van der Waals surface area contributed by atoms with Crippen LogP contribution in [0.3, 0.4) is 0 Å². The van der Waals surface area contributed by atoms with Crippen molar-refractivity contribution in [2.75, 3.05) is 0 Å². The molecule has 1 aromatic rings. The van der Waals surface area contributed by atoms with Gasteiger partial charge in [0.05, 0.1) is 4.92 Å². The van der Waals surface area contributed by atoms with E-state index in [1.165, 1.54) is 6.07 Å². The minimum Gasteiger partial charge on any atom is -0.327 e. The summed E-state index contributed by atoms with van der Waals surface area (Å²) in [4.78, 5) is 14.4. The van der Waals surface area contributed by atoms with Crippen molar-refractivity contribution in [1.82, 2.24) is 4.98 Å². The van der Waals surface area contributed by atoms with Gasteiger partial charge in [-0.25, -0.2) is 0 Å². The first-order valence-electron chi connectivity index (χ1n) is 5.09. The lowest BCUT2D eigenvalue weighted by Gasteiger charge is -2.09. The number of aromatic nitrogens is 1. The van der Waals surface area contributed by atoms with E-state index in [0.717, 1.165) is 12.8 Å². The van der Waals surface area contributed by atoms with Crippen molar-refractivity contribution in [3.63, 3.8) is 0 Å². The Hall–Kier alpha value is -1.01. The molecule has 1 aromatic heterocycles. The molecule has 0 bridgehead atoms. The molecule has 0 aromatic carbocycles. The number of rotatable bonds is 5. The molecule has 0 fully saturated rings. The number of nitro groups is 1. The molecule has 88 valence electrons. The molecular formula is C10H14BrN3O2. The Morgan fingerprint density at radius 2 is 2.38 bits per heavy atom. The second-order valence-electron chi connectivity index (χ2n) is 3.63. The summed E-state index contributed by atoms with van der Waals surface area (Å²) < 4.78 is 0.604. The van der Waals surface area contributed by atoms with E-state index in [4.69, 9.17) is 5.73 Å². The lowest BCUT2D eigenvalue weighted by molar-refractivity contribution is -0.386. The first kappa shape index (κ1) is 13.1. The second-order valence-corrected chi connectivity index (χ2v) is 4.55. The van der Waals surface area contributed by atoms with Crippen molar-refractivity contribution in [3.05, 3.63) is 32.5 Å². The third-order valence-corrected chi connectivity index (χ3v) is 2.66. The molecule has 16 heavy (non-hydrogen) atoms. The van der Waals surface area contributed by atoms with Crippen molar-refractivity contribution >= 4 is 21.6 Å². The number of pyridine rings is 1. The van der Waals surface area contributed by atoms with Crippen LogP contribution in [-0.2, 0) is 6.42 Å². The van der Waals surface area contributed by atoms with E-state index in [9.17, 15) is 10.1 Å². The smallest absolute Gasteiger partial charge is 0.291 e. The zero-order valence-corrected chi connectivity index (χ0v) is 10.6. The highest BCUT2D eigenvalue weighted by molar-refractivity contribution is 9.10. The zero-order valence-electron chi connectivity index (χ0n) is 9.02. The summed E-state index contributed by atoms with van der Waals surface area (Å²) in [5.41, 5.74) is 6.33. The van der Waals surface area contributed by atoms with Crippen LogP contribution in [0, 0.1) is 10.1 Å². The Labute approximate surface area is 102 Å². The largest absolute Gasteiger partial charge is 0.327 e. The molecule has 1 heterocycles. The number of hydrogen-bond donors (Lipinski definition) is 1. The van der Waals surface area contributed by atoms with Gasteiger partial charge in [0, 0.05) is 29.2 Å². The predicted molar refractivity (Wildman–Crippen MR) is 65.2 cm³/mol. The van der Waals surface area contributed by atoms with Crippen LogP contribution < -0.4 is 5.73 Å². The highest BCUT2D eigenvalue weighted by atomic mass is 79.9. The van der Waals surface area contributed by atoms with Crippen LogP contribution in [-0.4, -0.2) is 15.9 Å². The summed E-state index contributed by atoms with van der Waals surface area (Å²) in [6.07, 6.45) is 3.80. The SMILES string of the molecule is CCCC(N)Cc1ncc(Br)cc1[N+](=O)[O-]. The van der Waals surface area contributed by atoms with Gasteiger partial charge in [0.2, 0.25) is 0 Å². The van der Waals surface area contributed by atoms with E-state index in [1.54, 1.807) is 6.20 Å². The first-order valence-corrected chi connectivity index (χ1v) is 5.88. The van der Waals surface area contributed by atoms with Gasteiger partial charge in [-0.15, -0.1) is 0 Å². The highest BCUT2D eigenvalue weighted by Gasteiger charge is 2.17. The number of nitrogens with zero attached hydrogens (tertiary/aromatic N) is 2. The summed E-state index contributed by atoms with van der Waals surface area (Å²) >= 11 is 3.16. The molecule has 1 atom stereocenters. The maximum absolute atomic E-state index is 10.8. The van der Waals surface area contributed by atoms with Crippen LogP contribution in [0.25, 0.3) is 0 Å². The van der Waals surface area contributed by atoms with E-state index >= 15 is 0 Å². The molecule has 0 aliphatic carbocycles. The van der Waals surface area contributed by atoms with Gasteiger partial charge in [-0.3, -0.25) is 15.1 Å². The van der Waals surface area contributed by atoms with Gasteiger partial charge in [0.1, 0.15) is 5.69 Å². The van der Waals surface area contributed by atoms with Crippen LogP contribution in [0.5, 0.6) is 0 Å². The molecule has 0 radical (unpaired) electrons. The third-order valence-electron chi connectivity index (χ3n) is 2.23. The highest BCUT2D eigenvalue weighted by Crippen LogP contribution is 2.22. The topological polar surface area (TPSA) is 82.0 Å². The summed E-state index contributed by atoms with van der Waals surface area (Å²) in [5.74, 6) is 0. The molecule has 5 nitrogen and oxygen atoms in total. The van der Waals surface area contributed by atoms with Crippen molar-refractivity contribution in [1.29, 1.82) is 0 Å². The third kappa shape index (κ3) is 3.53. The van der Waals surface area contributed by atoms with Crippen molar-refractivity contribution < 1.29 is 4.92 Å². The normalized spacial score (nSPS) is 12.4. The van der Waals surface area contributed by atoms with Crippen LogP contribution in [0.1, 0.15) is 25.5 Å². The van der Waals surface area contributed by atoms with E-state index in [1.807, 2.05) is 6.92 Å². The van der Waals surface area contributed by atoms with Gasteiger partial charge < -0.3 is 5.73 Å². The average molecular weight is 288 g/mol. The molecule has 0 spiro atoms. The Kier molecular flexibility index (Phi) is 4.82.